The van der Waals surface area contributed by atoms with E-state index in [0.717, 1.165) is 0 Å². The van der Waals surface area contributed by atoms with Gasteiger partial charge in [0.2, 0.25) is 0 Å². The zero-order valence-corrected chi connectivity index (χ0v) is 8.83. The Morgan fingerprint density at radius 1 is 1.18 bits per heavy atom. The molecule has 2 aromatic rings. The molecular formula is C11H10N4O2. The van der Waals surface area contributed by atoms with Gasteiger partial charge in [0.15, 0.2) is 0 Å². The van der Waals surface area contributed by atoms with Gasteiger partial charge in [0, 0.05) is 0 Å². The molecule has 0 unspecified atom stereocenters. The van der Waals surface area contributed by atoms with Crippen LogP contribution in [0.3, 0.4) is 0 Å². The third-order valence-electron chi connectivity index (χ3n) is 2.00. The monoisotopic (exact) mass is 230 g/mol. The van der Waals surface area contributed by atoms with E-state index in [2.05, 4.69) is 9.97 Å². The van der Waals surface area contributed by atoms with Crippen molar-refractivity contribution in [3.63, 3.8) is 0 Å². The first-order valence-electron chi connectivity index (χ1n) is 4.81. The summed E-state index contributed by atoms with van der Waals surface area (Å²) >= 11 is 0. The smallest absolute Gasteiger partial charge is 0.322 e. The molecule has 0 spiro atoms. The molecule has 6 heteroatoms. The minimum Gasteiger partial charge on any atom is -0.423 e. The number of nitrogens with two attached hydrogens (primary N) is 2. The molecule has 0 saturated carbocycles. The standard InChI is InChI=1S/C11H10N4O2/c12-7-5-14-11(15-6-7)17-9-4-2-1-3-8(9)10(13)16/h1-6H,12H2,(H2,13,16). The van der Waals surface area contributed by atoms with Gasteiger partial charge in [-0.25, -0.2) is 9.97 Å². The van der Waals surface area contributed by atoms with Gasteiger partial charge in [0.1, 0.15) is 5.75 Å². The number of hydrogen-bond donors (Lipinski definition) is 2. The van der Waals surface area contributed by atoms with Crippen molar-refractivity contribution >= 4 is 11.6 Å². The molecule has 4 N–H and O–H groups in total. The lowest BCUT2D eigenvalue weighted by Gasteiger charge is -2.06. The third kappa shape index (κ3) is 2.49. The van der Waals surface area contributed by atoms with E-state index in [-0.39, 0.29) is 11.6 Å². The van der Waals surface area contributed by atoms with Gasteiger partial charge in [0.25, 0.3) is 5.91 Å². The van der Waals surface area contributed by atoms with Crippen molar-refractivity contribution in [1.82, 2.24) is 9.97 Å². The number of carbonyl (C=O) groups excluding carboxylic acids is 1. The molecule has 0 aliphatic carbocycles. The number of nitrogens with zero attached hydrogens (tertiary/aromatic N) is 2. The van der Waals surface area contributed by atoms with E-state index in [1.54, 1.807) is 24.3 Å². The number of carbonyl (C=O) groups is 1. The maximum atomic E-state index is 11.1. The van der Waals surface area contributed by atoms with E-state index >= 15 is 0 Å². The lowest BCUT2D eigenvalue weighted by atomic mass is 10.2. The van der Waals surface area contributed by atoms with Crippen molar-refractivity contribution in [3.8, 4) is 11.8 Å². The second-order valence-corrected chi connectivity index (χ2v) is 3.26. The van der Waals surface area contributed by atoms with Gasteiger partial charge in [-0.05, 0) is 12.1 Å². The molecular weight excluding hydrogens is 220 g/mol. The first-order valence-corrected chi connectivity index (χ1v) is 4.81. The van der Waals surface area contributed by atoms with Gasteiger partial charge in [-0.3, -0.25) is 4.79 Å². The van der Waals surface area contributed by atoms with Gasteiger partial charge in [-0.15, -0.1) is 0 Å². The molecule has 0 fully saturated rings. The number of aromatic nitrogens is 2. The topological polar surface area (TPSA) is 104 Å². The summed E-state index contributed by atoms with van der Waals surface area (Å²) in [5.74, 6) is -0.263. The first-order chi connectivity index (χ1) is 8.16. The zero-order chi connectivity index (χ0) is 12.3. The number of ether oxygens (including phenoxy) is 1. The summed E-state index contributed by atoms with van der Waals surface area (Å²) in [7, 11) is 0. The molecule has 17 heavy (non-hydrogen) atoms. The number of anilines is 1. The van der Waals surface area contributed by atoms with E-state index in [4.69, 9.17) is 16.2 Å². The van der Waals surface area contributed by atoms with Crippen molar-refractivity contribution in [3.05, 3.63) is 42.2 Å². The molecule has 86 valence electrons. The molecule has 1 aromatic heterocycles. The molecule has 0 aliphatic rings. The van der Waals surface area contributed by atoms with Gasteiger partial charge < -0.3 is 16.2 Å². The second-order valence-electron chi connectivity index (χ2n) is 3.26. The third-order valence-corrected chi connectivity index (χ3v) is 2.00. The summed E-state index contributed by atoms with van der Waals surface area (Å²) in [5.41, 5.74) is 11.4. The number of rotatable bonds is 3. The summed E-state index contributed by atoms with van der Waals surface area (Å²) in [6, 6.07) is 6.69. The number of para-hydroxylation sites is 1. The molecule has 0 bridgehead atoms. The molecule has 0 radical (unpaired) electrons. The Morgan fingerprint density at radius 2 is 1.82 bits per heavy atom. The van der Waals surface area contributed by atoms with Crippen LogP contribution in [0.4, 0.5) is 5.69 Å². The van der Waals surface area contributed by atoms with Gasteiger partial charge >= 0.3 is 6.01 Å². The summed E-state index contributed by atoms with van der Waals surface area (Å²) in [6.07, 6.45) is 2.82. The van der Waals surface area contributed by atoms with Crippen molar-refractivity contribution in [2.24, 2.45) is 5.73 Å². The van der Waals surface area contributed by atoms with Gasteiger partial charge in [0.05, 0.1) is 23.6 Å². The Kier molecular flexibility index (Phi) is 2.87. The number of amides is 1. The normalized spacial score (nSPS) is 9.88. The van der Waals surface area contributed by atoms with Crippen LogP contribution >= 0.6 is 0 Å². The summed E-state index contributed by atoms with van der Waals surface area (Å²) in [6.45, 7) is 0. The highest BCUT2D eigenvalue weighted by Gasteiger charge is 2.10. The van der Waals surface area contributed by atoms with Crippen LogP contribution in [0.15, 0.2) is 36.7 Å². The molecule has 1 heterocycles. The molecule has 1 aromatic carbocycles. The predicted octanol–water partition coefficient (Wildman–Crippen LogP) is 0.950. The fourth-order valence-corrected chi connectivity index (χ4v) is 1.24. The maximum absolute atomic E-state index is 11.1. The Balaban J connectivity index is 2.30. The average molecular weight is 230 g/mol. The Bertz CT molecular complexity index is 539. The molecule has 6 nitrogen and oxygen atoms in total. The summed E-state index contributed by atoms with van der Waals surface area (Å²) < 4.78 is 5.35. The van der Waals surface area contributed by atoms with E-state index < -0.39 is 5.91 Å². The van der Waals surface area contributed by atoms with Crippen LogP contribution in [0.1, 0.15) is 10.4 Å². The van der Waals surface area contributed by atoms with E-state index in [0.29, 0.717) is 11.4 Å². The zero-order valence-electron chi connectivity index (χ0n) is 8.83. The summed E-state index contributed by atoms with van der Waals surface area (Å²) in [4.78, 5) is 18.9. The van der Waals surface area contributed by atoms with E-state index in [1.807, 2.05) is 0 Å². The number of hydrogen-bond acceptors (Lipinski definition) is 5. The number of benzene rings is 1. The van der Waals surface area contributed by atoms with E-state index in [9.17, 15) is 4.79 Å². The minimum atomic E-state index is -0.573. The minimum absolute atomic E-state index is 0.105. The molecule has 0 aliphatic heterocycles. The number of primary amides is 1. The fraction of sp³-hybridized carbons (Fsp3) is 0. The average Bonchev–Trinajstić information content (AvgIpc) is 2.32. The van der Waals surface area contributed by atoms with Crippen LogP contribution in [-0.4, -0.2) is 15.9 Å². The number of nitrogen functional groups attached to an aromatic ring is 1. The quantitative estimate of drug-likeness (QED) is 0.816. The lowest BCUT2D eigenvalue weighted by molar-refractivity contribution is 0.0998. The molecule has 0 atom stereocenters. The largest absolute Gasteiger partial charge is 0.423 e. The van der Waals surface area contributed by atoms with Gasteiger partial charge in [-0.1, -0.05) is 12.1 Å². The molecule has 2 rings (SSSR count). The highest BCUT2D eigenvalue weighted by Crippen LogP contribution is 2.22. The van der Waals surface area contributed by atoms with Crippen LogP contribution in [0.25, 0.3) is 0 Å². The maximum Gasteiger partial charge on any atom is 0.322 e. The predicted molar refractivity (Wildman–Crippen MR) is 61.5 cm³/mol. The van der Waals surface area contributed by atoms with Crippen molar-refractivity contribution in [1.29, 1.82) is 0 Å². The van der Waals surface area contributed by atoms with Gasteiger partial charge in [-0.2, -0.15) is 0 Å². The van der Waals surface area contributed by atoms with Crippen LogP contribution in [0.5, 0.6) is 11.8 Å². The molecule has 0 saturated heterocycles. The van der Waals surface area contributed by atoms with Crippen LogP contribution in [-0.2, 0) is 0 Å². The Labute approximate surface area is 97.2 Å². The van der Waals surface area contributed by atoms with E-state index in [1.165, 1.54) is 12.4 Å². The Hall–Kier alpha value is -2.63. The van der Waals surface area contributed by atoms with Crippen LogP contribution in [0.2, 0.25) is 0 Å². The highest BCUT2D eigenvalue weighted by molar-refractivity contribution is 5.95. The van der Waals surface area contributed by atoms with Crippen molar-refractivity contribution in [2.45, 2.75) is 0 Å². The second kappa shape index (κ2) is 4.48. The SMILES string of the molecule is NC(=O)c1ccccc1Oc1ncc(N)cn1. The fourth-order valence-electron chi connectivity index (χ4n) is 1.24. The van der Waals surface area contributed by atoms with Crippen molar-refractivity contribution < 1.29 is 9.53 Å². The van der Waals surface area contributed by atoms with Crippen LogP contribution < -0.4 is 16.2 Å². The van der Waals surface area contributed by atoms with Crippen molar-refractivity contribution in [2.75, 3.05) is 5.73 Å². The first kappa shape index (κ1) is 10.9. The van der Waals surface area contributed by atoms with Crippen LogP contribution in [0, 0.1) is 0 Å². The highest BCUT2D eigenvalue weighted by atomic mass is 16.5. The lowest BCUT2D eigenvalue weighted by Crippen LogP contribution is -2.12. The Morgan fingerprint density at radius 3 is 2.47 bits per heavy atom. The summed E-state index contributed by atoms with van der Waals surface area (Å²) in [5, 5.41) is 0. The molecule has 1 amide bonds.